The maximum Gasteiger partial charge on any atom is 0.251 e. The molecular weight excluding hydrogens is 268 g/mol. The lowest BCUT2D eigenvalue weighted by Crippen LogP contribution is -2.25. The summed E-state index contributed by atoms with van der Waals surface area (Å²) in [5.74, 6) is 2.28. The molecular formula is C13H17ClN2OS. The van der Waals surface area contributed by atoms with Crippen molar-refractivity contribution in [1.29, 1.82) is 0 Å². The van der Waals surface area contributed by atoms with Gasteiger partial charge in [-0.1, -0.05) is 11.6 Å². The van der Waals surface area contributed by atoms with E-state index in [9.17, 15) is 4.79 Å². The number of rotatable bonds is 3. The summed E-state index contributed by atoms with van der Waals surface area (Å²) in [7, 11) is 1.63. The first-order valence-corrected chi connectivity index (χ1v) is 7.60. The average molecular weight is 285 g/mol. The van der Waals surface area contributed by atoms with Crippen molar-refractivity contribution in [1.82, 2.24) is 5.32 Å². The van der Waals surface area contributed by atoms with Crippen molar-refractivity contribution in [3.63, 3.8) is 0 Å². The minimum absolute atomic E-state index is 0.0890. The topological polar surface area (TPSA) is 41.1 Å². The number of benzene rings is 1. The molecule has 5 heteroatoms. The van der Waals surface area contributed by atoms with Gasteiger partial charge in [0, 0.05) is 18.7 Å². The molecule has 0 saturated carbocycles. The predicted octanol–water partition coefficient (Wildman–Crippen LogP) is 3.01. The van der Waals surface area contributed by atoms with Gasteiger partial charge in [-0.25, -0.2) is 0 Å². The van der Waals surface area contributed by atoms with E-state index < -0.39 is 0 Å². The summed E-state index contributed by atoms with van der Waals surface area (Å²) in [4.78, 5) is 11.6. The molecule has 0 unspecified atom stereocenters. The van der Waals surface area contributed by atoms with E-state index in [2.05, 4.69) is 10.6 Å². The molecule has 1 heterocycles. The van der Waals surface area contributed by atoms with Gasteiger partial charge in [-0.15, -0.1) is 0 Å². The average Bonchev–Trinajstić information content (AvgIpc) is 2.41. The van der Waals surface area contributed by atoms with Crippen LogP contribution in [0.2, 0.25) is 5.02 Å². The Labute approximate surface area is 117 Å². The zero-order valence-electron chi connectivity index (χ0n) is 10.3. The standard InChI is InChI=1S/C13H17ClN2OS/c1-15-13(17)9-2-3-11(14)12(8-9)16-10-4-6-18-7-5-10/h2-3,8,10,16H,4-7H2,1H3,(H,15,17). The van der Waals surface area contributed by atoms with Crippen LogP contribution in [0, 0.1) is 0 Å². The molecule has 0 radical (unpaired) electrons. The normalized spacial score (nSPS) is 16.3. The Balaban J connectivity index is 2.12. The lowest BCUT2D eigenvalue weighted by atomic mass is 10.1. The molecule has 1 aliphatic rings. The third-order valence-electron chi connectivity index (χ3n) is 3.04. The molecule has 3 nitrogen and oxygen atoms in total. The number of anilines is 1. The molecule has 0 aliphatic carbocycles. The lowest BCUT2D eigenvalue weighted by molar-refractivity contribution is 0.0963. The largest absolute Gasteiger partial charge is 0.381 e. The number of halogens is 1. The van der Waals surface area contributed by atoms with Crippen LogP contribution >= 0.6 is 23.4 Å². The molecule has 0 aromatic heterocycles. The Morgan fingerprint density at radius 3 is 2.78 bits per heavy atom. The number of hydrogen-bond acceptors (Lipinski definition) is 3. The monoisotopic (exact) mass is 284 g/mol. The number of amides is 1. The van der Waals surface area contributed by atoms with Crippen molar-refractivity contribution in [2.75, 3.05) is 23.9 Å². The minimum atomic E-state index is -0.0890. The van der Waals surface area contributed by atoms with Gasteiger partial charge in [0.1, 0.15) is 0 Å². The van der Waals surface area contributed by atoms with Crippen LogP contribution in [0.3, 0.4) is 0 Å². The molecule has 1 saturated heterocycles. The van der Waals surface area contributed by atoms with Gasteiger partial charge in [-0.3, -0.25) is 4.79 Å². The fourth-order valence-electron chi connectivity index (χ4n) is 1.98. The Bertz CT molecular complexity index is 433. The zero-order chi connectivity index (χ0) is 13.0. The van der Waals surface area contributed by atoms with E-state index in [0.29, 0.717) is 16.6 Å². The van der Waals surface area contributed by atoms with E-state index in [1.54, 1.807) is 19.2 Å². The lowest BCUT2D eigenvalue weighted by Gasteiger charge is -2.24. The SMILES string of the molecule is CNC(=O)c1ccc(Cl)c(NC2CCSCC2)c1. The third-order valence-corrected chi connectivity index (χ3v) is 4.41. The summed E-state index contributed by atoms with van der Waals surface area (Å²) in [5.41, 5.74) is 1.49. The van der Waals surface area contributed by atoms with E-state index in [4.69, 9.17) is 11.6 Å². The van der Waals surface area contributed by atoms with Gasteiger partial charge in [0.15, 0.2) is 0 Å². The molecule has 0 atom stereocenters. The summed E-state index contributed by atoms with van der Waals surface area (Å²) in [6.07, 6.45) is 2.29. The fraction of sp³-hybridized carbons (Fsp3) is 0.462. The molecule has 2 N–H and O–H groups in total. The smallest absolute Gasteiger partial charge is 0.251 e. The van der Waals surface area contributed by atoms with Crippen LogP contribution in [0.1, 0.15) is 23.2 Å². The Kier molecular flexibility index (Phi) is 4.78. The van der Waals surface area contributed by atoms with Crippen molar-refractivity contribution in [2.45, 2.75) is 18.9 Å². The van der Waals surface area contributed by atoms with Crippen molar-refractivity contribution in [3.05, 3.63) is 28.8 Å². The third kappa shape index (κ3) is 3.33. The van der Waals surface area contributed by atoms with Gasteiger partial charge in [-0.05, 0) is 42.5 Å². The second-order valence-corrected chi connectivity index (χ2v) is 5.94. The first-order chi connectivity index (χ1) is 8.70. The highest BCUT2D eigenvalue weighted by atomic mass is 35.5. The van der Waals surface area contributed by atoms with Crippen molar-refractivity contribution in [3.8, 4) is 0 Å². The van der Waals surface area contributed by atoms with Gasteiger partial charge in [0.25, 0.3) is 5.91 Å². The Morgan fingerprint density at radius 1 is 1.39 bits per heavy atom. The summed E-state index contributed by atoms with van der Waals surface area (Å²) >= 11 is 8.15. The van der Waals surface area contributed by atoms with Gasteiger partial charge in [-0.2, -0.15) is 11.8 Å². The summed E-state index contributed by atoms with van der Waals surface area (Å²) in [6.45, 7) is 0. The maximum atomic E-state index is 11.6. The van der Waals surface area contributed by atoms with Gasteiger partial charge in [0.05, 0.1) is 10.7 Å². The van der Waals surface area contributed by atoms with Crippen LogP contribution in [0.15, 0.2) is 18.2 Å². The second-order valence-electron chi connectivity index (χ2n) is 4.30. The quantitative estimate of drug-likeness (QED) is 0.896. The minimum Gasteiger partial charge on any atom is -0.381 e. The summed E-state index contributed by atoms with van der Waals surface area (Å²) in [6, 6.07) is 5.79. The predicted molar refractivity (Wildman–Crippen MR) is 78.8 cm³/mol. The second kappa shape index (κ2) is 6.34. The van der Waals surface area contributed by atoms with E-state index in [1.807, 2.05) is 17.8 Å². The van der Waals surface area contributed by atoms with Crippen LogP contribution in [-0.4, -0.2) is 30.5 Å². The molecule has 1 aromatic rings. The van der Waals surface area contributed by atoms with E-state index in [1.165, 1.54) is 11.5 Å². The Hall–Kier alpha value is -0.870. The summed E-state index contributed by atoms with van der Waals surface area (Å²) in [5, 5.41) is 6.73. The van der Waals surface area contributed by atoms with Crippen LogP contribution in [-0.2, 0) is 0 Å². The molecule has 18 heavy (non-hydrogen) atoms. The molecule has 1 amide bonds. The van der Waals surface area contributed by atoms with E-state index in [-0.39, 0.29) is 5.91 Å². The molecule has 1 aliphatic heterocycles. The number of nitrogens with one attached hydrogen (secondary N) is 2. The highest BCUT2D eigenvalue weighted by molar-refractivity contribution is 7.99. The first kappa shape index (κ1) is 13.6. The van der Waals surface area contributed by atoms with Gasteiger partial charge < -0.3 is 10.6 Å². The summed E-state index contributed by atoms with van der Waals surface area (Å²) < 4.78 is 0. The van der Waals surface area contributed by atoms with Crippen LogP contribution in [0.4, 0.5) is 5.69 Å². The number of carbonyl (C=O) groups excluding carboxylic acids is 1. The number of thioether (sulfide) groups is 1. The highest BCUT2D eigenvalue weighted by Gasteiger charge is 2.15. The molecule has 0 bridgehead atoms. The van der Waals surface area contributed by atoms with Crippen LogP contribution in [0.25, 0.3) is 0 Å². The Morgan fingerprint density at radius 2 is 2.11 bits per heavy atom. The molecule has 1 fully saturated rings. The van der Waals surface area contributed by atoms with Crippen LogP contribution in [0.5, 0.6) is 0 Å². The number of carbonyl (C=O) groups is 1. The first-order valence-electron chi connectivity index (χ1n) is 6.06. The van der Waals surface area contributed by atoms with Crippen molar-refractivity contribution in [2.24, 2.45) is 0 Å². The fourth-order valence-corrected chi connectivity index (χ4v) is 3.26. The van der Waals surface area contributed by atoms with Gasteiger partial charge >= 0.3 is 0 Å². The van der Waals surface area contributed by atoms with Crippen molar-refractivity contribution >= 4 is 35.0 Å². The van der Waals surface area contributed by atoms with E-state index >= 15 is 0 Å². The molecule has 0 spiro atoms. The van der Waals surface area contributed by atoms with Gasteiger partial charge in [0.2, 0.25) is 0 Å². The maximum absolute atomic E-state index is 11.6. The molecule has 2 rings (SSSR count). The number of hydrogen-bond donors (Lipinski definition) is 2. The zero-order valence-corrected chi connectivity index (χ0v) is 11.9. The van der Waals surface area contributed by atoms with Crippen molar-refractivity contribution < 1.29 is 4.79 Å². The molecule has 1 aromatic carbocycles. The molecule has 98 valence electrons. The van der Waals surface area contributed by atoms with E-state index in [0.717, 1.165) is 18.5 Å². The highest BCUT2D eigenvalue weighted by Crippen LogP contribution is 2.27. The van der Waals surface area contributed by atoms with Crippen LogP contribution < -0.4 is 10.6 Å².